The Kier molecular flexibility index (Phi) is 4.46. The first kappa shape index (κ1) is 15.3. The molecule has 5 nitrogen and oxygen atoms in total. The van der Waals surface area contributed by atoms with Crippen LogP contribution >= 0.6 is 22.9 Å². The molecule has 0 saturated heterocycles. The molecule has 108 valence electrons. The second kappa shape index (κ2) is 6.12. The van der Waals surface area contributed by atoms with Crippen molar-refractivity contribution in [2.75, 3.05) is 5.73 Å². The van der Waals surface area contributed by atoms with E-state index in [2.05, 4.69) is 0 Å². The highest BCUT2D eigenvalue weighted by atomic mass is 35.5. The van der Waals surface area contributed by atoms with Crippen LogP contribution in [0, 0.1) is 21.4 Å². The van der Waals surface area contributed by atoms with Crippen molar-refractivity contribution in [1.29, 1.82) is 5.26 Å². The summed E-state index contributed by atoms with van der Waals surface area (Å²) in [6.45, 7) is 1.99. The van der Waals surface area contributed by atoms with Crippen molar-refractivity contribution in [2.45, 2.75) is 19.8 Å². The van der Waals surface area contributed by atoms with Gasteiger partial charge in [-0.25, -0.2) is 0 Å². The predicted molar refractivity (Wildman–Crippen MR) is 84.5 cm³/mol. The Morgan fingerprint density at radius 1 is 1.52 bits per heavy atom. The summed E-state index contributed by atoms with van der Waals surface area (Å²) in [5.74, 6) is 0. The van der Waals surface area contributed by atoms with Crippen LogP contribution in [0.2, 0.25) is 5.02 Å². The minimum Gasteiger partial charge on any atom is -0.397 e. The third-order valence-corrected chi connectivity index (χ3v) is 4.47. The van der Waals surface area contributed by atoms with E-state index in [1.165, 1.54) is 17.4 Å². The number of nitro groups is 1. The largest absolute Gasteiger partial charge is 0.397 e. The van der Waals surface area contributed by atoms with Crippen LogP contribution < -0.4 is 5.73 Å². The molecule has 0 fully saturated rings. The van der Waals surface area contributed by atoms with Crippen molar-refractivity contribution in [3.63, 3.8) is 0 Å². The second-order valence-corrected chi connectivity index (χ2v) is 5.89. The molecule has 2 rings (SSSR count). The van der Waals surface area contributed by atoms with E-state index in [1.54, 1.807) is 12.1 Å². The molecule has 0 spiro atoms. The Balaban J connectivity index is 2.73. The highest BCUT2D eigenvalue weighted by Crippen LogP contribution is 2.43. The smallest absolute Gasteiger partial charge is 0.279 e. The summed E-state index contributed by atoms with van der Waals surface area (Å²) in [7, 11) is 0. The molecule has 2 aromatic rings. The average molecular weight is 322 g/mol. The molecule has 7 heteroatoms. The van der Waals surface area contributed by atoms with Gasteiger partial charge in [-0.3, -0.25) is 10.1 Å². The van der Waals surface area contributed by atoms with Crippen LogP contribution in [0.4, 0.5) is 11.4 Å². The van der Waals surface area contributed by atoms with E-state index in [0.717, 1.165) is 12.0 Å². The van der Waals surface area contributed by atoms with Crippen LogP contribution in [-0.2, 0) is 6.42 Å². The molecule has 0 saturated carbocycles. The van der Waals surface area contributed by atoms with Gasteiger partial charge in [0, 0.05) is 16.0 Å². The standard InChI is InChI=1S/C14H12ClN3O2S/c1-2-3-10-13(17)12(7-16)21-14(10)9-5-4-8(15)6-11(9)18(19)20/h4-6H,2-3,17H2,1H3. The quantitative estimate of drug-likeness (QED) is 0.667. The van der Waals surface area contributed by atoms with Gasteiger partial charge in [0.1, 0.15) is 10.9 Å². The number of halogens is 1. The van der Waals surface area contributed by atoms with E-state index in [9.17, 15) is 10.1 Å². The highest BCUT2D eigenvalue weighted by molar-refractivity contribution is 7.16. The number of nitriles is 1. The zero-order valence-corrected chi connectivity index (χ0v) is 12.8. The Morgan fingerprint density at radius 2 is 2.24 bits per heavy atom. The Hall–Kier alpha value is -2.10. The highest BCUT2D eigenvalue weighted by Gasteiger charge is 2.23. The third-order valence-electron chi connectivity index (χ3n) is 3.05. The van der Waals surface area contributed by atoms with Crippen molar-refractivity contribution in [3.05, 3.63) is 43.8 Å². The maximum Gasteiger partial charge on any atom is 0.279 e. The summed E-state index contributed by atoms with van der Waals surface area (Å²) < 4.78 is 0. The number of nitrogen functional groups attached to an aromatic ring is 1. The van der Waals surface area contributed by atoms with Gasteiger partial charge in [0.2, 0.25) is 0 Å². The molecule has 2 N–H and O–H groups in total. The zero-order chi connectivity index (χ0) is 15.6. The van der Waals surface area contributed by atoms with Gasteiger partial charge in [-0.05, 0) is 24.1 Å². The third kappa shape index (κ3) is 2.84. The first-order valence-corrected chi connectivity index (χ1v) is 7.44. The predicted octanol–water partition coefficient (Wildman–Crippen LogP) is 4.38. The van der Waals surface area contributed by atoms with Gasteiger partial charge >= 0.3 is 0 Å². The molecule has 0 amide bonds. The Morgan fingerprint density at radius 3 is 2.81 bits per heavy atom. The lowest BCUT2D eigenvalue weighted by atomic mass is 10.0. The van der Waals surface area contributed by atoms with Crippen molar-refractivity contribution in [3.8, 4) is 16.5 Å². The lowest BCUT2D eigenvalue weighted by Crippen LogP contribution is -1.95. The topological polar surface area (TPSA) is 93.0 Å². The van der Waals surface area contributed by atoms with Crippen LogP contribution in [0.15, 0.2) is 18.2 Å². The van der Waals surface area contributed by atoms with Crippen LogP contribution in [0.5, 0.6) is 0 Å². The number of nitrogens with zero attached hydrogens (tertiary/aromatic N) is 2. The van der Waals surface area contributed by atoms with E-state index in [4.69, 9.17) is 22.6 Å². The van der Waals surface area contributed by atoms with E-state index < -0.39 is 4.92 Å². The normalized spacial score (nSPS) is 10.3. The average Bonchev–Trinajstić information content (AvgIpc) is 2.76. The number of anilines is 1. The van der Waals surface area contributed by atoms with Crippen molar-refractivity contribution in [2.24, 2.45) is 0 Å². The van der Waals surface area contributed by atoms with Crippen LogP contribution in [0.25, 0.3) is 10.4 Å². The molecule has 0 bridgehead atoms. The summed E-state index contributed by atoms with van der Waals surface area (Å²) in [5.41, 5.74) is 7.57. The van der Waals surface area contributed by atoms with Crippen molar-refractivity contribution in [1.82, 2.24) is 0 Å². The fraction of sp³-hybridized carbons (Fsp3) is 0.214. The fourth-order valence-corrected chi connectivity index (χ4v) is 3.39. The molecule has 1 aromatic carbocycles. The molecule has 1 heterocycles. The summed E-state index contributed by atoms with van der Waals surface area (Å²) in [5, 5.41) is 20.7. The minimum atomic E-state index is -0.473. The maximum atomic E-state index is 11.2. The molecule has 0 aliphatic heterocycles. The number of hydrogen-bond donors (Lipinski definition) is 1. The first-order valence-electron chi connectivity index (χ1n) is 6.25. The molecule has 0 aliphatic carbocycles. The van der Waals surface area contributed by atoms with Crippen LogP contribution in [0.1, 0.15) is 23.8 Å². The number of thiophene rings is 1. The lowest BCUT2D eigenvalue weighted by Gasteiger charge is -2.05. The van der Waals surface area contributed by atoms with Gasteiger partial charge < -0.3 is 5.73 Å². The number of nitrogens with two attached hydrogens (primary N) is 1. The maximum absolute atomic E-state index is 11.2. The second-order valence-electron chi connectivity index (χ2n) is 4.43. The van der Waals surface area contributed by atoms with E-state index in [1.807, 2.05) is 13.0 Å². The summed E-state index contributed by atoms with van der Waals surface area (Å²) in [6, 6.07) is 6.56. The van der Waals surface area contributed by atoms with Crippen LogP contribution in [-0.4, -0.2) is 4.92 Å². The summed E-state index contributed by atoms with van der Waals surface area (Å²) >= 11 is 7.02. The fourth-order valence-electron chi connectivity index (χ4n) is 2.12. The first-order chi connectivity index (χ1) is 9.99. The molecule has 0 aliphatic rings. The summed E-state index contributed by atoms with van der Waals surface area (Å²) in [6.07, 6.45) is 1.50. The SMILES string of the molecule is CCCc1c(-c2ccc(Cl)cc2[N+](=O)[O-])sc(C#N)c1N. The van der Waals surface area contributed by atoms with Gasteiger partial charge in [-0.15, -0.1) is 11.3 Å². The molecule has 0 atom stereocenters. The number of benzene rings is 1. The van der Waals surface area contributed by atoms with Gasteiger partial charge in [-0.2, -0.15) is 5.26 Å². The molecule has 0 unspecified atom stereocenters. The Bertz CT molecular complexity index is 749. The van der Waals surface area contributed by atoms with Crippen molar-refractivity contribution >= 4 is 34.3 Å². The van der Waals surface area contributed by atoms with E-state index in [-0.39, 0.29) is 5.69 Å². The lowest BCUT2D eigenvalue weighted by molar-refractivity contribution is -0.384. The zero-order valence-electron chi connectivity index (χ0n) is 11.2. The van der Waals surface area contributed by atoms with E-state index >= 15 is 0 Å². The monoisotopic (exact) mass is 321 g/mol. The number of hydrogen-bond acceptors (Lipinski definition) is 5. The molecule has 1 aromatic heterocycles. The molecule has 0 radical (unpaired) electrons. The minimum absolute atomic E-state index is 0.0782. The van der Waals surface area contributed by atoms with Crippen molar-refractivity contribution < 1.29 is 4.92 Å². The summed E-state index contributed by atoms with van der Waals surface area (Å²) in [4.78, 5) is 11.8. The number of nitro benzene ring substituents is 1. The van der Waals surface area contributed by atoms with Gasteiger partial charge in [0.15, 0.2) is 0 Å². The number of rotatable bonds is 4. The van der Waals surface area contributed by atoms with Crippen LogP contribution in [0.3, 0.4) is 0 Å². The molecule has 21 heavy (non-hydrogen) atoms. The molecular formula is C14H12ClN3O2S. The van der Waals surface area contributed by atoms with Gasteiger partial charge in [0.25, 0.3) is 5.69 Å². The Labute approximate surface area is 130 Å². The molecular weight excluding hydrogens is 310 g/mol. The van der Waals surface area contributed by atoms with E-state index in [0.29, 0.717) is 32.4 Å². The van der Waals surface area contributed by atoms with Gasteiger partial charge in [0.05, 0.1) is 16.2 Å². The van der Waals surface area contributed by atoms with Gasteiger partial charge in [-0.1, -0.05) is 24.9 Å².